The number of esters is 1. The van der Waals surface area contributed by atoms with Crippen molar-refractivity contribution in [2.75, 3.05) is 5.32 Å². The van der Waals surface area contributed by atoms with Crippen molar-refractivity contribution in [3.8, 4) is 0 Å². The zero-order valence-corrected chi connectivity index (χ0v) is 19.1. The van der Waals surface area contributed by atoms with Crippen LogP contribution >= 0.6 is 27.3 Å². The summed E-state index contributed by atoms with van der Waals surface area (Å²) >= 11 is 4.81. The highest BCUT2D eigenvalue weighted by molar-refractivity contribution is 9.10. The summed E-state index contributed by atoms with van der Waals surface area (Å²) in [5, 5.41) is 7.59. The number of thiophene rings is 1. The van der Waals surface area contributed by atoms with Crippen LogP contribution in [0.1, 0.15) is 63.8 Å². The molecule has 1 amide bonds. The Morgan fingerprint density at radius 3 is 2.87 bits per heavy atom. The van der Waals surface area contributed by atoms with Crippen molar-refractivity contribution >= 4 is 44.1 Å². The monoisotopic (exact) mass is 491 g/mol. The van der Waals surface area contributed by atoms with E-state index in [2.05, 4.69) is 26.3 Å². The molecule has 1 aliphatic rings. The van der Waals surface area contributed by atoms with E-state index in [0.717, 1.165) is 40.6 Å². The molecule has 1 N–H and O–H groups in total. The first-order valence-electron chi connectivity index (χ1n) is 9.84. The van der Waals surface area contributed by atoms with Crippen LogP contribution in [0.15, 0.2) is 33.4 Å². The lowest BCUT2D eigenvalue weighted by Crippen LogP contribution is -2.17. The van der Waals surface area contributed by atoms with Crippen LogP contribution in [0.4, 0.5) is 5.00 Å². The topological polar surface area (TPSA) is 86.4 Å². The maximum absolute atomic E-state index is 12.8. The predicted molar refractivity (Wildman–Crippen MR) is 117 cm³/mol. The van der Waals surface area contributed by atoms with Gasteiger partial charge in [-0.3, -0.25) is 9.48 Å². The molecule has 0 radical (unpaired) electrons. The lowest BCUT2D eigenvalue weighted by Gasteiger charge is -2.14. The molecule has 3 aromatic heterocycles. The molecule has 0 fully saturated rings. The van der Waals surface area contributed by atoms with Gasteiger partial charge in [-0.25, -0.2) is 4.79 Å². The number of halogens is 1. The summed E-state index contributed by atoms with van der Waals surface area (Å²) < 4.78 is 13.7. The highest BCUT2D eigenvalue weighted by Crippen LogP contribution is 2.39. The number of nitrogens with zero attached hydrogens (tertiary/aromatic N) is 2. The third kappa shape index (κ3) is 4.52. The minimum atomic E-state index is -0.389. The number of amides is 1. The Hall–Kier alpha value is -2.39. The van der Waals surface area contributed by atoms with E-state index in [9.17, 15) is 9.59 Å². The zero-order valence-electron chi connectivity index (χ0n) is 16.7. The summed E-state index contributed by atoms with van der Waals surface area (Å²) in [5.41, 5.74) is 1.50. The van der Waals surface area contributed by atoms with Crippen molar-refractivity contribution in [3.05, 3.63) is 56.5 Å². The number of aryl methyl sites for hydroxylation is 1. The molecule has 158 valence electrons. The molecular formula is C21H22BrN3O4S. The summed E-state index contributed by atoms with van der Waals surface area (Å²) in [5.74, 6) is 0.0237. The molecule has 0 bridgehead atoms. The Morgan fingerprint density at radius 1 is 1.33 bits per heavy atom. The minimum Gasteiger partial charge on any atom is -0.459 e. The standard InChI is InChI=1S/C21H22BrN3O4S/c1-12(2)28-21(27)18-15-5-3-4-6-17(15)30-20(18)24-19(26)16-8-7-14(29-16)11-25-10-13(22)9-23-25/h7-10,12H,3-6,11H2,1-2H3,(H,24,26). The molecule has 9 heteroatoms. The van der Waals surface area contributed by atoms with Gasteiger partial charge in [0.1, 0.15) is 10.8 Å². The van der Waals surface area contributed by atoms with Crippen LogP contribution in [0.2, 0.25) is 0 Å². The molecule has 3 aromatic rings. The lowest BCUT2D eigenvalue weighted by molar-refractivity contribution is 0.0378. The van der Waals surface area contributed by atoms with Crippen LogP contribution in [0.3, 0.4) is 0 Å². The van der Waals surface area contributed by atoms with Gasteiger partial charge in [0.05, 0.1) is 28.9 Å². The molecule has 0 saturated heterocycles. The molecule has 0 aromatic carbocycles. The summed E-state index contributed by atoms with van der Waals surface area (Å²) in [6, 6.07) is 3.38. The molecule has 7 nitrogen and oxygen atoms in total. The number of rotatable bonds is 6. The molecule has 0 unspecified atom stereocenters. The number of anilines is 1. The van der Waals surface area contributed by atoms with Crippen molar-refractivity contribution < 1.29 is 18.7 Å². The number of hydrogen-bond acceptors (Lipinski definition) is 6. The molecule has 4 rings (SSSR count). The van der Waals surface area contributed by atoms with Crippen LogP contribution in [-0.2, 0) is 24.1 Å². The molecule has 0 spiro atoms. The van der Waals surface area contributed by atoms with E-state index in [-0.39, 0.29) is 23.7 Å². The molecule has 1 aliphatic carbocycles. The minimum absolute atomic E-state index is 0.186. The van der Waals surface area contributed by atoms with Crippen LogP contribution in [-0.4, -0.2) is 27.8 Å². The Balaban J connectivity index is 1.54. The van der Waals surface area contributed by atoms with Crippen LogP contribution in [0.5, 0.6) is 0 Å². The number of nitrogens with one attached hydrogen (secondary N) is 1. The average molecular weight is 492 g/mol. The molecule has 3 heterocycles. The van der Waals surface area contributed by atoms with Crippen molar-refractivity contribution in [1.29, 1.82) is 0 Å². The zero-order chi connectivity index (χ0) is 21.3. The van der Waals surface area contributed by atoms with Crippen molar-refractivity contribution in [2.24, 2.45) is 0 Å². The van der Waals surface area contributed by atoms with Gasteiger partial charge in [-0.2, -0.15) is 5.10 Å². The predicted octanol–water partition coefficient (Wildman–Crippen LogP) is 5.04. The first-order chi connectivity index (χ1) is 14.4. The van der Waals surface area contributed by atoms with Gasteiger partial charge in [-0.1, -0.05) is 0 Å². The average Bonchev–Trinajstić information content (AvgIpc) is 3.39. The van der Waals surface area contributed by atoms with E-state index in [1.165, 1.54) is 11.3 Å². The quantitative estimate of drug-likeness (QED) is 0.487. The van der Waals surface area contributed by atoms with Gasteiger partial charge in [0.2, 0.25) is 0 Å². The van der Waals surface area contributed by atoms with Crippen molar-refractivity contribution in [3.63, 3.8) is 0 Å². The first kappa shape index (κ1) is 20.9. The number of aromatic nitrogens is 2. The molecule has 30 heavy (non-hydrogen) atoms. The first-order valence-corrected chi connectivity index (χ1v) is 11.4. The third-order valence-electron chi connectivity index (χ3n) is 4.75. The van der Waals surface area contributed by atoms with Crippen molar-refractivity contribution in [2.45, 2.75) is 52.2 Å². The van der Waals surface area contributed by atoms with Gasteiger partial charge in [-0.05, 0) is 73.2 Å². The number of furan rings is 1. The third-order valence-corrected chi connectivity index (χ3v) is 6.37. The smallest absolute Gasteiger partial charge is 0.341 e. The largest absolute Gasteiger partial charge is 0.459 e. The molecule has 0 atom stereocenters. The molecule has 0 saturated carbocycles. The van der Waals surface area contributed by atoms with E-state index in [4.69, 9.17) is 9.15 Å². The van der Waals surface area contributed by atoms with Crippen LogP contribution in [0.25, 0.3) is 0 Å². The van der Waals surface area contributed by atoms with E-state index in [0.29, 0.717) is 22.9 Å². The number of carbonyl (C=O) groups is 2. The summed E-state index contributed by atoms with van der Waals surface area (Å²) in [4.78, 5) is 26.7. The maximum Gasteiger partial charge on any atom is 0.341 e. The Kier molecular flexibility index (Phi) is 6.10. The van der Waals surface area contributed by atoms with Gasteiger partial charge < -0.3 is 14.5 Å². The number of ether oxygens (including phenoxy) is 1. The summed E-state index contributed by atoms with van der Waals surface area (Å²) in [7, 11) is 0. The van der Waals surface area contributed by atoms with E-state index < -0.39 is 0 Å². The normalized spacial score (nSPS) is 13.3. The fraction of sp³-hybridized carbons (Fsp3) is 0.381. The van der Waals surface area contributed by atoms with Crippen molar-refractivity contribution in [1.82, 2.24) is 9.78 Å². The Morgan fingerprint density at radius 2 is 2.13 bits per heavy atom. The fourth-order valence-electron chi connectivity index (χ4n) is 3.48. The highest BCUT2D eigenvalue weighted by atomic mass is 79.9. The Labute approximate surface area is 186 Å². The van der Waals surface area contributed by atoms with E-state index in [1.54, 1.807) is 23.0 Å². The second-order valence-electron chi connectivity index (χ2n) is 7.45. The SMILES string of the molecule is CC(C)OC(=O)c1c(NC(=O)c2ccc(Cn3cc(Br)cn3)o2)sc2c1CCCC2. The molecule has 0 aliphatic heterocycles. The fourth-order valence-corrected chi connectivity index (χ4v) is 5.08. The highest BCUT2D eigenvalue weighted by Gasteiger charge is 2.28. The lowest BCUT2D eigenvalue weighted by atomic mass is 9.95. The molecular weight excluding hydrogens is 470 g/mol. The Bertz CT molecular complexity index is 1080. The van der Waals surface area contributed by atoms with E-state index in [1.807, 2.05) is 20.0 Å². The number of carbonyl (C=O) groups excluding carboxylic acids is 2. The van der Waals surface area contributed by atoms with Gasteiger partial charge in [0.25, 0.3) is 5.91 Å². The van der Waals surface area contributed by atoms with Gasteiger partial charge in [0, 0.05) is 11.1 Å². The second-order valence-corrected chi connectivity index (χ2v) is 9.47. The number of hydrogen-bond donors (Lipinski definition) is 1. The number of fused-ring (bicyclic) bond motifs is 1. The maximum atomic E-state index is 12.8. The second kappa shape index (κ2) is 8.77. The summed E-state index contributed by atoms with van der Waals surface area (Å²) in [6.07, 6.45) is 7.15. The van der Waals surface area contributed by atoms with Crippen LogP contribution in [0, 0.1) is 0 Å². The van der Waals surface area contributed by atoms with Crippen LogP contribution < -0.4 is 5.32 Å². The summed E-state index contributed by atoms with van der Waals surface area (Å²) in [6.45, 7) is 4.05. The van der Waals surface area contributed by atoms with Gasteiger partial charge in [0.15, 0.2) is 5.76 Å². The van der Waals surface area contributed by atoms with E-state index >= 15 is 0 Å². The van der Waals surface area contributed by atoms with Gasteiger partial charge >= 0.3 is 5.97 Å². The van der Waals surface area contributed by atoms with Gasteiger partial charge in [-0.15, -0.1) is 11.3 Å².